The van der Waals surface area contributed by atoms with Gasteiger partial charge in [-0.05, 0) is 40.8 Å². The van der Waals surface area contributed by atoms with Gasteiger partial charge in [0.05, 0.1) is 0 Å². The maximum absolute atomic E-state index is 13.3. The zero-order valence-corrected chi connectivity index (χ0v) is 19.4. The molecule has 10 heteroatoms. The monoisotopic (exact) mass is 487 g/mol. The van der Waals surface area contributed by atoms with Gasteiger partial charge in [0.25, 0.3) is 5.91 Å². The van der Waals surface area contributed by atoms with Gasteiger partial charge in [-0.15, -0.1) is 0 Å². The van der Waals surface area contributed by atoms with E-state index in [9.17, 15) is 18.0 Å². The van der Waals surface area contributed by atoms with Gasteiger partial charge in [-0.2, -0.15) is 23.4 Å². The summed E-state index contributed by atoms with van der Waals surface area (Å²) in [6.07, 6.45) is -4.78. The molecule has 3 rings (SSSR count). The number of nitrogens with one attached hydrogen (secondary N) is 1. The zero-order valence-electron chi connectivity index (χ0n) is 18.6. The molecule has 0 bridgehead atoms. The summed E-state index contributed by atoms with van der Waals surface area (Å²) in [5, 5.41) is 10.9. The van der Waals surface area contributed by atoms with E-state index >= 15 is 0 Å². The van der Waals surface area contributed by atoms with Crippen molar-refractivity contribution in [3.05, 3.63) is 76.7 Å². The summed E-state index contributed by atoms with van der Waals surface area (Å²) in [7, 11) is 0. The Morgan fingerprint density at radius 3 is 2.09 bits per heavy atom. The molecule has 1 heterocycles. The van der Waals surface area contributed by atoms with Gasteiger partial charge < -0.3 is 0 Å². The highest BCUT2D eigenvalue weighted by Crippen LogP contribution is 2.30. The van der Waals surface area contributed by atoms with Crippen LogP contribution in [0.3, 0.4) is 0 Å². The van der Waals surface area contributed by atoms with E-state index in [1.54, 1.807) is 36.4 Å². The molecule has 0 radical (unpaired) electrons. The van der Waals surface area contributed by atoms with Crippen molar-refractivity contribution in [3.63, 3.8) is 0 Å². The highest BCUT2D eigenvalue weighted by atomic mass is 35.5. The molecule has 0 aliphatic carbocycles. The smallest absolute Gasteiger partial charge is 0.267 e. The summed E-state index contributed by atoms with van der Waals surface area (Å²) in [4.78, 5) is 20.1. The molecule has 176 valence electrons. The third-order valence-corrected chi connectivity index (χ3v) is 4.83. The molecule has 0 aliphatic heterocycles. The third-order valence-electron chi connectivity index (χ3n) is 4.57. The molecule has 6 nitrogen and oxygen atoms in total. The number of hydrazine groups is 1. The van der Waals surface area contributed by atoms with Crippen LogP contribution < -0.4 is 10.4 Å². The second-order valence-corrected chi connectivity index (χ2v) is 9.15. The van der Waals surface area contributed by atoms with Crippen LogP contribution in [0.1, 0.15) is 42.6 Å². The zero-order chi connectivity index (χ0) is 25.1. The van der Waals surface area contributed by atoms with Crippen LogP contribution in [0.2, 0.25) is 5.02 Å². The Morgan fingerprint density at radius 2 is 1.59 bits per heavy atom. The summed E-state index contributed by atoms with van der Waals surface area (Å²) < 4.78 is 39.9. The lowest BCUT2D eigenvalue weighted by atomic mass is 9.96. The van der Waals surface area contributed by atoms with E-state index in [0.717, 1.165) is 11.1 Å². The van der Waals surface area contributed by atoms with Gasteiger partial charge in [0.15, 0.2) is 11.5 Å². The minimum Gasteiger partial charge on any atom is -0.267 e. The predicted molar refractivity (Wildman–Crippen MR) is 123 cm³/mol. The van der Waals surface area contributed by atoms with Crippen molar-refractivity contribution in [1.82, 2.24) is 15.4 Å². The summed E-state index contributed by atoms with van der Waals surface area (Å²) >= 11 is 5.92. The number of carbonyl (C=O) groups excluding carboxylic acids is 1. The number of nitriles is 1. The van der Waals surface area contributed by atoms with Crippen LogP contribution in [0, 0.1) is 16.7 Å². The van der Waals surface area contributed by atoms with Gasteiger partial charge in [-0.1, -0.05) is 56.6 Å². The van der Waals surface area contributed by atoms with E-state index in [4.69, 9.17) is 16.9 Å². The number of aromatic nitrogens is 2. The van der Waals surface area contributed by atoms with Crippen molar-refractivity contribution in [2.75, 3.05) is 11.6 Å². The van der Waals surface area contributed by atoms with Gasteiger partial charge >= 0.3 is 6.18 Å². The molecule has 0 spiro atoms. The van der Waals surface area contributed by atoms with E-state index in [-0.39, 0.29) is 12.4 Å². The van der Waals surface area contributed by atoms with Crippen LogP contribution in [-0.2, 0) is 6.18 Å². The fourth-order valence-corrected chi connectivity index (χ4v) is 3.19. The number of benzene rings is 2. The number of rotatable bonds is 5. The largest absolute Gasteiger partial charge is 0.433 e. The van der Waals surface area contributed by atoms with Crippen LogP contribution in [0.5, 0.6) is 0 Å². The molecule has 0 fully saturated rings. The summed E-state index contributed by atoms with van der Waals surface area (Å²) in [6, 6.07) is 16.2. The molecule has 3 aromatic rings. The van der Waals surface area contributed by atoms with E-state index in [1.807, 2.05) is 32.9 Å². The van der Waals surface area contributed by atoms with Gasteiger partial charge in [0.1, 0.15) is 6.07 Å². The first-order valence-corrected chi connectivity index (χ1v) is 10.5. The molecule has 34 heavy (non-hydrogen) atoms. The highest BCUT2D eigenvalue weighted by Gasteiger charge is 2.35. The predicted octanol–water partition coefficient (Wildman–Crippen LogP) is 5.88. The number of anilines is 1. The Bertz CT molecular complexity index is 1210. The van der Waals surface area contributed by atoms with Crippen molar-refractivity contribution in [3.8, 4) is 17.2 Å². The Kier molecular flexibility index (Phi) is 7.12. The Labute approximate surface area is 200 Å². The number of carbonyl (C=O) groups is 1. The van der Waals surface area contributed by atoms with E-state index in [0.29, 0.717) is 16.7 Å². The molecular weight excluding hydrogens is 467 g/mol. The molecule has 2 aromatic carbocycles. The van der Waals surface area contributed by atoms with E-state index < -0.39 is 29.0 Å². The van der Waals surface area contributed by atoms with Crippen LogP contribution in [0.25, 0.3) is 11.1 Å². The first kappa shape index (κ1) is 25.0. The highest BCUT2D eigenvalue weighted by molar-refractivity contribution is 6.30. The summed E-state index contributed by atoms with van der Waals surface area (Å²) in [5.74, 6) is -1.43. The average Bonchev–Trinajstić information content (AvgIpc) is 2.77. The van der Waals surface area contributed by atoms with Gasteiger partial charge in [0.2, 0.25) is 5.82 Å². The van der Waals surface area contributed by atoms with Crippen LogP contribution in [0.15, 0.2) is 54.6 Å². The van der Waals surface area contributed by atoms with Crippen molar-refractivity contribution < 1.29 is 18.0 Å². The molecule has 1 N–H and O–H groups in total. The summed E-state index contributed by atoms with van der Waals surface area (Å²) in [6.45, 7) is 5.68. The number of hydrogen-bond donors (Lipinski definition) is 1. The normalized spacial score (nSPS) is 11.6. The SMILES string of the molecule is CC(C)(C)CN(NC(=O)c1ccc(-c2ccc(Cl)cc2)cc1)c1cc(C(F)(F)F)nc(C#N)n1. The first-order chi connectivity index (χ1) is 15.9. The third kappa shape index (κ3) is 6.45. The van der Waals surface area contributed by atoms with Gasteiger partial charge in [-0.25, -0.2) is 4.98 Å². The fourth-order valence-electron chi connectivity index (χ4n) is 3.06. The number of hydrogen-bond acceptors (Lipinski definition) is 5. The molecule has 0 saturated carbocycles. The van der Waals surface area contributed by atoms with Crippen LogP contribution in [-0.4, -0.2) is 22.4 Å². The second-order valence-electron chi connectivity index (χ2n) is 8.72. The Hall–Kier alpha value is -3.64. The molecular formula is C24H21ClF3N5O. The molecule has 0 saturated heterocycles. The van der Waals surface area contributed by atoms with E-state index in [1.165, 1.54) is 11.1 Å². The maximum Gasteiger partial charge on any atom is 0.433 e. The standard InChI is InChI=1S/C24H21ClF3N5O/c1-23(2,3)14-33(21-12-19(24(26,27)28)30-20(13-29)31-21)32-22(34)17-6-4-15(5-7-17)16-8-10-18(25)11-9-16/h4-12H,14H2,1-3H3,(H,32,34). The number of amides is 1. The van der Waals surface area contributed by atoms with Gasteiger partial charge in [0, 0.05) is 23.2 Å². The van der Waals surface area contributed by atoms with Crippen LogP contribution >= 0.6 is 11.6 Å². The number of halogens is 4. The molecule has 0 atom stereocenters. The minimum absolute atomic E-state index is 0.126. The minimum atomic E-state index is -4.78. The average molecular weight is 488 g/mol. The molecule has 1 aromatic heterocycles. The first-order valence-electron chi connectivity index (χ1n) is 10.2. The number of nitrogens with zero attached hydrogens (tertiary/aromatic N) is 4. The quantitative estimate of drug-likeness (QED) is 0.454. The van der Waals surface area contributed by atoms with Gasteiger partial charge in [-0.3, -0.25) is 15.2 Å². The Morgan fingerprint density at radius 1 is 1.03 bits per heavy atom. The lowest BCUT2D eigenvalue weighted by Gasteiger charge is -2.31. The topological polar surface area (TPSA) is 81.9 Å². The fraction of sp³-hybridized carbons (Fsp3) is 0.250. The Balaban J connectivity index is 1.90. The van der Waals surface area contributed by atoms with Crippen LogP contribution in [0.4, 0.5) is 19.0 Å². The van der Waals surface area contributed by atoms with E-state index in [2.05, 4.69) is 15.4 Å². The lowest BCUT2D eigenvalue weighted by molar-refractivity contribution is -0.141. The molecule has 0 unspecified atom stereocenters. The summed E-state index contributed by atoms with van der Waals surface area (Å²) in [5.41, 5.74) is 2.99. The molecule has 0 aliphatic rings. The van der Waals surface area contributed by atoms with Crippen molar-refractivity contribution in [2.45, 2.75) is 26.9 Å². The van der Waals surface area contributed by atoms with Crippen molar-refractivity contribution in [2.24, 2.45) is 5.41 Å². The number of alkyl halides is 3. The lowest BCUT2D eigenvalue weighted by Crippen LogP contribution is -2.47. The second kappa shape index (κ2) is 9.69. The van der Waals surface area contributed by atoms with Crippen molar-refractivity contribution in [1.29, 1.82) is 5.26 Å². The maximum atomic E-state index is 13.3. The molecule has 1 amide bonds. The van der Waals surface area contributed by atoms with Crippen molar-refractivity contribution >= 4 is 23.3 Å².